The maximum Gasteiger partial charge on any atom is 1.00 e. The van der Waals surface area contributed by atoms with E-state index < -0.39 is 5.97 Å². The molecule has 0 saturated heterocycles. The minimum Gasteiger partial charge on any atom is -0.481 e. The number of ketones is 1. The molecule has 0 saturated carbocycles. The summed E-state index contributed by atoms with van der Waals surface area (Å²) in [5.74, 6) is -0.861. The molecule has 0 atom stereocenters. The molecule has 1 N–H and O–H groups in total. The van der Waals surface area contributed by atoms with Crippen LogP contribution in [0.1, 0.15) is 24.3 Å². The van der Waals surface area contributed by atoms with Crippen molar-refractivity contribution in [3.8, 4) is 0 Å². The number of rotatable bonds is 1. The van der Waals surface area contributed by atoms with Crippen LogP contribution in [0.15, 0.2) is 24.4 Å². The van der Waals surface area contributed by atoms with Gasteiger partial charge in [-0.05, 0) is 12.4 Å². The standard InChI is InChI=1S/C9H7N2O.C2H4O2.Li/c1-7(12)9-8-4-2-3-5-11(8)6-10-9;1-2(3)4;/h2-5H,1H3;1H3,(H,3,4);/q-1;;+1. The van der Waals surface area contributed by atoms with Crippen molar-refractivity contribution in [1.82, 2.24) is 9.38 Å². The van der Waals surface area contributed by atoms with Gasteiger partial charge < -0.3 is 19.3 Å². The van der Waals surface area contributed by atoms with Crippen molar-refractivity contribution in [2.75, 3.05) is 0 Å². The number of Topliss-reactive ketones (excluding diaryl/α,β-unsaturated/α-hetero) is 1. The number of carbonyl (C=O) groups excluding carboxylic acids is 1. The predicted octanol–water partition coefficient (Wildman–Crippen LogP) is -1.57. The molecule has 0 unspecified atom stereocenters. The van der Waals surface area contributed by atoms with Crippen LogP contribution in [0.5, 0.6) is 0 Å². The number of aliphatic carboxylic acids is 1. The predicted molar refractivity (Wildman–Crippen MR) is 57.3 cm³/mol. The molecule has 2 rings (SSSR count). The molecule has 0 fully saturated rings. The Morgan fingerprint density at radius 3 is 2.47 bits per heavy atom. The zero-order valence-electron chi connectivity index (χ0n) is 9.97. The molecule has 6 heteroatoms. The quantitative estimate of drug-likeness (QED) is 0.362. The van der Waals surface area contributed by atoms with Crippen molar-refractivity contribution >= 4 is 17.3 Å². The monoisotopic (exact) mass is 226 g/mol. The van der Waals surface area contributed by atoms with Crippen LogP contribution in [0.2, 0.25) is 0 Å². The van der Waals surface area contributed by atoms with Gasteiger partial charge in [-0.25, -0.2) is 0 Å². The topological polar surface area (TPSA) is 71.7 Å². The smallest absolute Gasteiger partial charge is 0.481 e. The van der Waals surface area contributed by atoms with Crippen molar-refractivity contribution in [3.05, 3.63) is 36.4 Å². The fourth-order valence-electron chi connectivity index (χ4n) is 1.14. The fourth-order valence-corrected chi connectivity index (χ4v) is 1.14. The van der Waals surface area contributed by atoms with E-state index in [9.17, 15) is 4.79 Å². The zero-order chi connectivity index (χ0) is 12.1. The SMILES string of the molecule is CC(=O)O.CC(=O)c1n[c-]n2ccccc12.[Li+]. The van der Waals surface area contributed by atoms with Crippen LogP contribution in [-0.4, -0.2) is 26.2 Å². The molecule has 17 heavy (non-hydrogen) atoms. The van der Waals surface area contributed by atoms with Crippen LogP contribution in [0, 0.1) is 6.33 Å². The van der Waals surface area contributed by atoms with Gasteiger partial charge >= 0.3 is 18.9 Å². The van der Waals surface area contributed by atoms with Crippen molar-refractivity contribution in [3.63, 3.8) is 0 Å². The first kappa shape index (κ1) is 15.4. The molecule has 0 spiro atoms. The summed E-state index contributed by atoms with van der Waals surface area (Å²) in [6, 6.07) is 5.59. The summed E-state index contributed by atoms with van der Waals surface area (Å²) < 4.78 is 1.71. The summed E-state index contributed by atoms with van der Waals surface area (Å²) in [5, 5.41) is 7.42. The van der Waals surface area contributed by atoms with Crippen LogP contribution in [0.3, 0.4) is 0 Å². The van der Waals surface area contributed by atoms with Crippen molar-refractivity contribution in [1.29, 1.82) is 0 Å². The summed E-state index contributed by atoms with van der Waals surface area (Å²) >= 11 is 0. The molecule has 2 aromatic rings. The van der Waals surface area contributed by atoms with Crippen LogP contribution >= 0.6 is 0 Å². The molecule has 0 bridgehead atoms. The molecule has 0 radical (unpaired) electrons. The first-order valence-corrected chi connectivity index (χ1v) is 4.57. The largest absolute Gasteiger partial charge is 1.00 e. The van der Waals surface area contributed by atoms with Gasteiger partial charge in [-0.2, -0.15) is 0 Å². The average molecular weight is 226 g/mol. The van der Waals surface area contributed by atoms with Gasteiger partial charge in [0.05, 0.1) is 0 Å². The number of carboxylic acids is 1. The van der Waals surface area contributed by atoms with E-state index in [2.05, 4.69) is 11.3 Å². The Labute approximate surface area is 111 Å². The summed E-state index contributed by atoms with van der Waals surface area (Å²) in [5.41, 5.74) is 1.29. The molecule has 0 aliphatic carbocycles. The summed E-state index contributed by atoms with van der Waals surface area (Å²) in [7, 11) is 0. The molecular weight excluding hydrogens is 215 g/mol. The summed E-state index contributed by atoms with van der Waals surface area (Å²) in [4.78, 5) is 23.9. The molecule has 5 nitrogen and oxygen atoms in total. The van der Waals surface area contributed by atoms with Gasteiger partial charge in [-0.1, -0.05) is 24.4 Å². The molecule has 2 heterocycles. The Kier molecular flexibility index (Phi) is 6.25. The number of nitrogens with zero attached hydrogens (tertiary/aromatic N) is 2. The minimum atomic E-state index is -0.833. The molecule has 2 aromatic heterocycles. The van der Waals surface area contributed by atoms with Crippen LogP contribution in [0.25, 0.3) is 5.52 Å². The molecule has 0 aliphatic rings. The van der Waals surface area contributed by atoms with Gasteiger partial charge in [0.1, 0.15) is 5.78 Å². The number of aromatic nitrogens is 2. The number of pyridine rings is 1. The van der Waals surface area contributed by atoms with Gasteiger partial charge in [0.25, 0.3) is 5.97 Å². The van der Waals surface area contributed by atoms with E-state index in [4.69, 9.17) is 9.90 Å². The maximum atomic E-state index is 11.0. The average Bonchev–Trinajstić information content (AvgIpc) is 2.59. The number of fused-ring (bicyclic) bond motifs is 1. The van der Waals surface area contributed by atoms with Gasteiger partial charge in [-0.15, -0.1) is 0 Å². The first-order valence-electron chi connectivity index (χ1n) is 4.57. The second kappa shape index (κ2) is 6.89. The zero-order valence-corrected chi connectivity index (χ0v) is 9.97. The fraction of sp³-hybridized carbons (Fsp3) is 0.182. The third-order valence-corrected chi connectivity index (χ3v) is 1.71. The molecule has 0 amide bonds. The maximum absolute atomic E-state index is 11.0. The van der Waals surface area contributed by atoms with E-state index in [1.54, 1.807) is 4.40 Å². The normalized spacial score (nSPS) is 8.82. The van der Waals surface area contributed by atoms with Gasteiger partial charge in [0, 0.05) is 18.9 Å². The number of carboxylic acid groups (broad SMARTS) is 1. The van der Waals surface area contributed by atoms with Crippen LogP contribution < -0.4 is 18.9 Å². The first-order chi connectivity index (χ1) is 7.52. The van der Waals surface area contributed by atoms with Crippen LogP contribution in [-0.2, 0) is 4.79 Å². The number of hydrogen-bond acceptors (Lipinski definition) is 3. The van der Waals surface area contributed by atoms with E-state index in [0.29, 0.717) is 5.69 Å². The van der Waals surface area contributed by atoms with Crippen LogP contribution in [0.4, 0.5) is 0 Å². The van der Waals surface area contributed by atoms with Gasteiger partial charge in [0.15, 0.2) is 0 Å². The molecule has 0 aliphatic heterocycles. The van der Waals surface area contributed by atoms with E-state index >= 15 is 0 Å². The van der Waals surface area contributed by atoms with E-state index in [1.807, 2.05) is 24.4 Å². The summed E-state index contributed by atoms with van der Waals surface area (Å²) in [6.45, 7) is 2.59. The third-order valence-electron chi connectivity index (χ3n) is 1.71. The third kappa shape index (κ3) is 4.43. The summed E-state index contributed by atoms with van der Waals surface area (Å²) in [6.07, 6.45) is 4.53. The Morgan fingerprint density at radius 1 is 1.35 bits per heavy atom. The number of hydrogen-bond donors (Lipinski definition) is 1. The van der Waals surface area contributed by atoms with E-state index in [-0.39, 0.29) is 24.6 Å². The Hall–Kier alpha value is -1.57. The Bertz CT molecular complexity index is 518. The minimum absolute atomic E-state index is 0. The Balaban J connectivity index is 0.000000453. The van der Waals surface area contributed by atoms with Crippen molar-refractivity contribution in [2.45, 2.75) is 13.8 Å². The number of carbonyl (C=O) groups is 2. The van der Waals surface area contributed by atoms with E-state index in [0.717, 1.165) is 12.4 Å². The molecular formula is C11H11LiN2O3. The second-order valence-electron chi connectivity index (χ2n) is 3.09. The van der Waals surface area contributed by atoms with Crippen molar-refractivity contribution < 1.29 is 33.6 Å². The van der Waals surface area contributed by atoms with Gasteiger partial charge in [-0.3, -0.25) is 4.79 Å². The Morgan fingerprint density at radius 2 is 1.94 bits per heavy atom. The van der Waals surface area contributed by atoms with Gasteiger partial charge in [0.2, 0.25) is 0 Å². The second-order valence-corrected chi connectivity index (χ2v) is 3.09. The molecule has 0 aromatic carbocycles. The van der Waals surface area contributed by atoms with E-state index in [1.165, 1.54) is 6.92 Å². The number of imidazole rings is 1. The van der Waals surface area contributed by atoms with Crippen molar-refractivity contribution in [2.24, 2.45) is 0 Å². The molecule has 84 valence electrons.